The number of carbonyl (C=O) groups is 2. The van der Waals surface area contributed by atoms with Gasteiger partial charge in [-0.05, 0) is 26.7 Å². The maximum Gasteiger partial charge on any atom is 0.306 e. The smallest absolute Gasteiger partial charge is 0.306 e. The molecule has 0 rings (SSSR count). The minimum absolute atomic E-state index is 0.0747. The SMILES string of the molecule is CCC(=O)OC(CC)(CC)C(=O)N(CC)CC. The van der Waals surface area contributed by atoms with Gasteiger partial charge in [0.1, 0.15) is 0 Å². The van der Waals surface area contributed by atoms with Crippen LogP contribution in [-0.4, -0.2) is 35.5 Å². The number of esters is 1. The summed E-state index contributed by atoms with van der Waals surface area (Å²) in [4.78, 5) is 25.6. The molecule has 0 bridgehead atoms. The predicted molar refractivity (Wildman–Crippen MR) is 67.6 cm³/mol. The molecule has 4 nitrogen and oxygen atoms in total. The molecule has 0 N–H and O–H groups in total. The van der Waals surface area contributed by atoms with Crippen molar-refractivity contribution in [3.8, 4) is 0 Å². The van der Waals surface area contributed by atoms with Crippen LogP contribution in [0.2, 0.25) is 0 Å². The maximum absolute atomic E-state index is 12.4. The van der Waals surface area contributed by atoms with Gasteiger partial charge in [-0.1, -0.05) is 20.8 Å². The van der Waals surface area contributed by atoms with Crippen molar-refractivity contribution in [3.05, 3.63) is 0 Å². The van der Waals surface area contributed by atoms with Gasteiger partial charge in [-0.2, -0.15) is 0 Å². The molecule has 100 valence electrons. The van der Waals surface area contributed by atoms with Gasteiger partial charge in [0.05, 0.1) is 0 Å². The van der Waals surface area contributed by atoms with E-state index < -0.39 is 5.60 Å². The second-order valence-electron chi connectivity index (χ2n) is 4.01. The van der Waals surface area contributed by atoms with Crippen LogP contribution >= 0.6 is 0 Å². The Kier molecular flexibility index (Phi) is 6.85. The van der Waals surface area contributed by atoms with E-state index in [2.05, 4.69) is 0 Å². The number of hydrogen-bond donors (Lipinski definition) is 0. The first kappa shape index (κ1) is 15.9. The Hall–Kier alpha value is -1.06. The van der Waals surface area contributed by atoms with Gasteiger partial charge in [-0.25, -0.2) is 0 Å². The maximum atomic E-state index is 12.4. The number of rotatable bonds is 7. The van der Waals surface area contributed by atoms with Crippen molar-refractivity contribution < 1.29 is 14.3 Å². The molecule has 0 heterocycles. The standard InChI is InChI=1S/C13H25NO3/c1-6-11(15)17-13(7-2,8-3)12(16)14(9-4)10-5/h6-10H2,1-5H3. The zero-order valence-corrected chi connectivity index (χ0v) is 11.7. The fourth-order valence-corrected chi connectivity index (χ4v) is 1.83. The number of likely N-dealkylation sites (N-methyl/N-ethyl adjacent to an activating group) is 1. The van der Waals surface area contributed by atoms with E-state index in [-0.39, 0.29) is 11.9 Å². The normalized spacial score (nSPS) is 11.1. The summed E-state index contributed by atoms with van der Waals surface area (Å²) in [6.07, 6.45) is 1.34. The summed E-state index contributed by atoms with van der Waals surface area (Å²) in [7, 11) is 0. The molecule has 0 saturated carbocycles. The molecular weight excluding hydrogens is 218 g/mol. The van der Waals surface area contributed by atoms with Crippen molar-refractivity contribution in [1.29, 1.82) is 0 Å². The summed E-state index contributed by atoms with van der Waals surface area (Å²) in [5.41, 5.74) is -0.973. The molecule has 0 fully saturated rings. The second-order valence-corrected chi connectivity index (χ2v) is 4.01. The van der Waals surface area contributed by atoms with Gasteiger partial charge in [0.15, 0.2) is 5.60 Å². The number of carbonyl (C=O) groups excluding carboxylic acids is 2. The Labute approximate surface area is 104 Å². The van der Waals surface area contributed by atoms with Crippen molar-refractivity contribution in [2.24, 2.45) is 0 Å². The van der Waals surface area contributed by atoms with Gasteiger partial charge in [0.25, 0.3) is 5.91 Å². The fourth-order valence-electron chi connectivity index (χ4n) is 1.83. The van der Waals surface area contributed by atoms with Crippen LogP contribution in [-0.2, 0) is 14.3 Å². The molecule has 0 unspecified atom stereocenters. The highest BCUT2D eigenvalue weighted by Crippen LogP contribution is 2.24. The fraction of sp³-hybridized carbons (Fsp3) is 0.846. The summed E-state index contributed by atoms with van der Waals surface area (Å²) in [5.74, 6) is -0.386. The van der Waals surface area contributed by atoms with Crippen LogP contribution in [0.3, 0.4) is 0 Å². The monoisotopic (exact) mass is 243 g/mol. The first-order chi connectivity index (χ1) is 8.01. The van der Waals surface area contributed by atoms with E-state index >= 15 is 0 Å². The van der Waals surface area contributed by atoms with Crippen LogP contribution in [0.15, 0.2) is 0 Å². The average Bonchev–Trinajstić information content (AvgIpc) is 2.37. The first-order valence-corrected chi connectivity index (χ1v) is 6.52. The lowest BCUT2D eigenvalue weighted by atomic mass is 9.95. The van der Waals surface area contributed by atoms with Crippen molar-refractivity contribution >= 4 is 11.9 Å². The van der Waals surface area contributed by atoms with E-state index in [1.165, 1.54) is 0 Å². The summed E-state index contributed by atoms with van der Waals surface area (Å²) >= 11 is 0. The first-order valence-electron chi connectivity index (χ1n) is 6.52. The van der Waals surface area contributed by atoms with Gasteiger partial charge < -0.3 is 9.64 Å². The molecule has 4 heteroatoms. The summed E-state index contributed by atoms with van der Waals surface area (Å²) < 4.78 is 5.40. The van der Waals surface area contributed by atoms with Gasteiger partial charge in [0, 0.05) is 19.5 Å². The van der Waals surface area contributed by atoms with Crippen molar-refractivity contribution in [1.82, 2.24) is 4.90 Å². The average molecular weight is 243 g/mol. The molecule has 0 aromatic rings. The zero-order valence-electron chi connectivity index (χ0n) is 11.7. The molecule has 0 aliphatic heterocycles. The van der Waals surface area contributed by atoms with Crippen LogP contribution in [0.1, 0.15) is 53.9 Å². The third kappa shape index (κ3) is 3.72. The minimum Gasteiger partial charge on any atom is -0.449 e. The van der Waals surface area contributed by atoms with E-state index in [9.17, 15) is 9.59 Å². The van der Waals surface area contributed by atoms with Crippen molar-refractivity contribution in [3.63, 3.8) is 0 Å². The molecule has 0 aliphatic rings. The highest BCUT2D eigenvalue weighted by atomic mass is 16.6. The van der Waals surface area contributed by atoms with Crippen LogP contribution in [0.5, 0.6) is 0 Å². The molecule has 17 heavy (non-hydrogen) atoms. The number of nitrogens with zero attached hydrogens (tertiary/aromatic N) is 1. The Morgan fingerprint density at radius 2 is 1.47 bits per heavy atom. The highest BCUT2D eigenvalue weighted by molar-refractivity contribution is 5.87. The van der Waals surface area contributed by atoms with E-state index in [0.717, 1.165) is 0 Å². The van der Waals surface area contributed by atoms with E-state index in [4.69, 9.17) is 4.74 Å². The van der Waals surface area contributed by atoms with Gasteiger partial charge in [0.2, 0.25) is 0 Å². The Morgan fingerprint density at radius 3 is 1.76 bits per heavy atom. The van der Waals surface area contributed by atoms with Gasteiger partial charge in [-0.15, -0.1) is 0 Å². The van der Waals surface area contributed by atoms with Crippen molar-refractivity contribution in [2.45, 2.75) is 59.5 Å². The molecule has 0 radical (unpaired) electrons. The third-order valence-electron chi connectivity index (χ3n) is 3.18. The van der Waals surface area contributed by atoms with E-state index in [0.29, 0.717) is 32.4 Å². The lowest BCUT2D eigenvalue weighted by Gasteiger charge is -2.34. The number of ether oxygens (including phenoxy) is 1. The molecule has 1 amide bonds. The lowest BCUT2D eigenvalue weighted by Crippen LogP contribution is -2.51. The van der Waals surface area contributed by atoms with Crippen LogP contribution in [0.4, 0.5) is 0 Å². The summed E-state index contributed by atoms with van der Waals surface area (Å²) in [6.45, 7) is 10.6. The third-order valence-corrected chi connectivity index (χ3v) is 3.18. The molecule has 0 spiro atoms. The number of amides is 1. The zero-order chi connectivity index (χ0) is 13.5. The highest BCUT2D eigenvalue weighted by Gasteiger charge is 2.40. The molecule has 0 aliphatic carbocycles. The Balaban J connectivity index is 5.04. The second kappa shape index (κ2) is 7.30. The van der Waals surface area contributed by atoms with Crippen molar-refractivity contribution in [2.75, 3.05) is 13.1 Å². The van der Waals surface area contributed by atoms with Crippen LogP contribution in [0, 0.1) is 0 Å². The predicted octanol–water partition coefficient (Wildman–Crippen LogP) is 2.37. The van der Waals surface area contributed by atoms with Crippen LogP contribution < -0.4 is 0 Å². The Bertz CT molecular complexity index is 255. The van der Waals surface area contributed by atoms with Gasteiger partial charge in [-0.3, -0.25) is 9.59 Å². The largest absolute Gasteiger partial charge is 0.449 e. The summed E-state index contributed by atoms with van der Waals surface area (Å²) in [6, 6.07) is 0. The van der Waals surface area contributed by atoms with E-state index in [1.807, 2.05) is 27.7 Å². The Morgan fingerprint density at radius 1 is 1.00 bits per heavy atom. The molecule has 0 atom stereocenters. The molecular formula is C13H25NO3. The topological polar surface area (TPSA) is 46.6 Å². The quantitative estimate of drug-likeness (QED) is 0.645. The lowest BCUT2D eigenvalue weighted by molar-refractivity contribution is -0.175. The molecule has 0 aromatic carbocycles. The van der Waals surface area contributed by atoms with Gasteiger partial charge >= 0.3 is 5.97 Å². The van der Waals surface area contributed by atoms with E-state index in [1.54, 1.807) is 11.8 Å². The molecule has 0 aromatic heterocycles. The van der Waals surface area contributed by atoms with Crippen LogP contribution in [0.25, 0.3) is 0 Å². The summed E-state index contributed by atoms with van der Waals surface area (Å²) in [5, 5.41) is 0. The molecule has 0 saturated heterocycles. The number of hydrogen-bond acceptors (Lipinski definition) is 3. The minimum atomic E-state index is -0.973.